The summed E-state index contributed by atoms with van der Waals surface area (Å²) in [6, 6.07) is 14.8. The van der Waals surface area contributed by atoms with Gasteiger partial charge in [-0.25, -0.2) is 4.99 Å². The molecular formula is C33H37N3O10S. The van der Waals surface area contributed by atoms with Crippen molar-refractivity contribution in [2.45, 2.75) is 64.5 Å². The number of carbonyl (C=O) groups excluding carboxylic acids is 5. The Morgan fingerprint density at radius 3 is 1.98 bits per heavy atom. The first-order valence-corrected chi connectivity index (χ1v) is 15.6. The first kappa shape index (κ1) is 35.2. The summed E-state index contributed by atoms with van der Waals surface area (Å²) in [6.45, 7) is 6.19. The second-order valence-corrected chi connectivity index (χ2v) is 12.1. The van der Waals surface area contributed by atoms with Crippen LogP contribution in [0.1, 0.15) is 38.8 Å². The molecule has 1 saturated heterocycles. The van der Waals surface area contributed by atoms with E-state index in [4.69, 9.17) is 23.7 Å². The maximum Gasteiger partial charge on any atom is 0.303 e. The molecule has 0 spiro atoms. The molecule has 0 aliphatic carbocycles. The van der Waals surface area contributed by atoms with Crippen LogP contribution in [-0.4, -0.2) is 85.5 Å². The number of amides is 1. The zero-order chi connectivity index (χ0) is 34.4. The minimum absolute atomic E-state index is 0.135. The van der Waals surface area contributed by atoms with E-state index in [1.165, 1.54) is 11.8 Å². The molecule has 2 aromatic carbocycles. The van der Waals surface area contributed by atoms with Crippen LogP contribution in [0, 0.1) is 6.92 Å². The van der Waals surface area contributed by atoms with Gasteiger partial charge >= 0.3 is 23.9 Å². The van der Waals surface area contributed by atoms with Gasteiger partial charge in [-0.15, -0.1) is 0 Å². The monoisotopic (exact) mass is 667 g/mol. The van der Waals surface area contributed by atoms with E-state index < -0.39 is 59.6 Å². The van der Waals surface area contributed by atoms with Crippen LogP contribution in [0.25, 0.3) is 6.08 Å². The zero-order valence-electron chi connectivity index (χ0n) is 27.1. The van der Waals surface area contributed by atoms with E-state index in [9.17, 15) is 24.0 Å². The topological polar surface area (TPSA) is 150 Å². The van der Waals surface area contributed by atoms with Gasteiger partial charge in [-0.05, 0) is 42.8 Å². The van der Waals surface area contributed by atoms with Crippen molar-refractivity contribution in [2.75, 3.05) is 30.5 Å². The summed E-state index contributed by atoms with van der Waals surface area (Å²) in [5.41, 5.74) is 2.18. The lowest BCUT2D eigenvalue weighted by Crippen LogP contribution is -2.61. The highest BCUT2D eigenvalue weighted by molar-refractivity contribution is 8.14. The molecule has 4 rings (SSSR count). The van der Waals surface area contributed by atoms with Crippen molar-refractivity contribution in [3.05, 3.63) is 65.4 Å². The molecule has 47 heavy (non-hydrogen) atoms. The van der Waals surface area contributed by atoms with Crippen molar-refractivity contribution in [1.82, 2.24) is 0 Å². The number of thioether (sulfide) groups is 1. The van der Waals surface area contributed by atoms with Crippen molar-refractivity contribution < 1.29 is 47.7 Å². The van der Waals surface area contributed by atoms with E-state index in [1.54, 1.807) is 18.2 Å². The number of hydrogen-bond donors (Lipinski definition) is 0. The third kappa shape index (κ3) is 8.98. The molecule has 250 valence electrons. The number of aliphatic imine (C=N–C) groups is 1. The molecule has 2 aromatic rings. The van der Waals surface area contributed by atoms with Gasteiger partial charge in [-0.1, -0.05) is 41.6 Å². The lowest BCUT2D eigenvalue weighted by molar-refractivity contribution is -0.237. The summed E-state index contributed by atoms with van der Waals surface area (Å²) in [7, 11) is 3.85. The standard InChI is InChI=1S/C33H37N3O10S/c1-18-8-12-25(13-9-18)36-31(41)26(16-23-10-14-24(15-11-23)35(6)7)34-33(36)47-32-30(45-22(5)40)29(44-21(4)39)28(43-20(3)38)27(46-32)17-42-19(2)37/h8-16,27-30,32H,17H2,1-7H3/b26-16-/t27-,28-,29+,30-,32+/m1/s1. The Morgan fingerprint density at radius 1 is 0.851 bits per heavy atom. The molecule has 2 aliphatic heterocycles. The van der Waals surface area contributed by atoms with Gasteiger partial charge in [0, 0.05) is 47.5 Å². The van der Waals surface area contributed by atoms with E-state index >= 15 is 0 Å². The highest BCUT2D eigenvalue weighted by Gasteiger charge is 2.53. The van der Waals surface area contributed by atoms with Gasteiger partial charge < -0.3 is 28.6 Å². The van der Waals surface area contributed by atoms with Gasteiger partial charge in [0.1, 0.15) is 18.4 Å². The second-order valence-electron chi connectivity index (χ2n) is 11.1. The van der Waals surface area contributed by atoms with E-state index in [1.807, 2.05) is 62.3 Å². The van der Waals surface area contributed by atoms with Crippen molar-refractivity contribution in [1.29, 1.82) is 0 Å². The number of amidine groups is 1. The Morgan fingerprint density at radius 2 is 1.43 bits per heavy atom. The maximum absolute atomic E-state index is 13.9. The number of hydrogen-bond acceptors (Lipinski definition) is 13. The fourth-order valence-electron chi connectivity index (χ4n) is 4.91. The average Bonchev–Trinajstić information content (AvgIpc) is 3.28. The van der Waals surface area contributed by atoms with Crippen molar-refractivity contribution >= 4 is 64.2 Å². The molecule has 2 heterocycles. The van der Waals surface area contributed by atoms with Crippen LogP contribution in [0.5, 0.6) is 0 Å². The average molecular weight is 668 g/mol. The quantitative estimate of drug-likeness (QED) is 0.218. The van der Waals surface area contributed by atoms with E-state index in [-0.39, 0.29) is 17.5 Å². The molecule has 0 radical (unpaired) electrons. The summed E-state index contributed by atoms with van der Waals surface area (Å²) in [5, 5.41) is 0.177. The Balaban J connectivity index is 1.79. The first-order chi connectivity index (χ1) is 22.2. The number of benzene rings is 2. The van der Waals surface area contributed by atoms with E-state index in [0.717, 1.165) is 49.3 Å². The van der Waals surface area contributed by atoms with Crippen molar-refractivity contribution in [3.8, 4) is 0 Å². The van der Waals surface area contributed by atoms with E-state index in [2.05, 4.69) is 4.99 Å². The highest BCUT2D eigenvalue weighted by Crippen LogP contribution is 2.39. The smallest absolute Gasteiger partial charge is 0.303 e. The van der Waals surface area contributed by atoms with Crippen LogP contribution in [0.3, 0.4) is 0 Å². The third-order valence-corrected chi connectivity index (χ3v) is 8.10. The number of nitrogens with zero attached hydrogens (tertiary/aromatic N) is 3. The zero-order valence-corrected chi connectivity index (χ0v) is 27.9. The van der Waals surface area contributed by atoms with Crippen LogP contribution >= 0.6 is 11.8 Å². The minimum Gasteiger partial charge on any atom is -0.463 e. The molecule has 0 aromatic heterocycles. The molecule has 0 saturated carbocycles. The van der Waals surface area contributed by atoms with Gasteiger partial charge in [0.2, 0.25) is 0 Å². The Hall–Kier alpha value is -4.69. The molecule has 14 heteroatoms. The van der Waals surface area contributed by atoms with Crippen LogP contribution in [0.15, 0.2) is 59.2 Å². The fraction of sp³-hybridized carbons (Fsp3) is 0.394. The lowest BCUT2D eigenvalue weighted by Gasteiger charge is -2.44. The molecule has 0 unspecified atom stereocenters. The SMILES string of the molecule is CC(=O)OC[C@H]1O[C@@H](SC2=N/C(=C\c3ccc(N(C)C)cc3)C(=O)N2c2ccc(C)cc2)[C@H](OC(C)=O)[C@@H](OC(C)=O)[C@@H]1OC(C)=O. The Bertz CT molecular complexity index is 1570. The molecule has 2 aliphatic rings. The number of anilines is 2. The largest absolute Gasteiger partial charge is 0.463 e. The molecule has 1 amide bonds. The minimum atomic E-state index is -1.36. The van der Waals surface area contributed by atoms with Gasteiger partial charge in [0.15, 0.2) is 28.9 Å². The molecule has 5 atom stereocenters. The van der Waals surface area contributed by atoms with E-state index in [0.29, 0.717) is 5.69 Å². The summed E-state index contributed by atoms with van der Waals surface area (Å²) in [5.74, 6) is -3.26. The maximum atomic E-state index is 13.9. The van der Waals surface area contributed by atoms with Gasteiger partial charge in [0.05, 0.1) is 5.69 Å². The number of ether oxygens (including phenoxy) is 5. The predicted octanol–water partition coefficient (Wildman–Crippen LogP) is 3.62. The van der Waals surface area contributed by atoms with Crippen molar-refractivity contribution in [3.63, 3.8) is 0 Å². The molecule has 13 nitrogen and oxygen atoms in total. The van der Waals surface area contributed by atoms with Crippen LogP contribution < -0.4 is 9.80 Å². The number of esters is 4. The normalized spacial score (nSPS) is 23.2. The summed E-state index contributed by atoms with van der Waals surface area (Å²) in [4.78, 5) is 70.4. The first-order valence-electron chi connectivity index (χ1n) is 14.7. The summed E-state index contributed by atoms with van der Waals surface area (Å²) < 4.78 is 28.1. The summed E-state index contributed by atoms with van der Waals surface area (Å²) >= 11 is 0.935. The molecule has 1 fully saturated rings. The lowest BCUT2D eigenvalue weighted by atomic mass is 9.99. The summed E-state index contributed by atoms with van der Waals surface area (Å²) in [6.07, 6.45) is -3.49. The fourth-order valence-corrected chi connectivity index (χ4v) is 6.11. The van der Waals surface area contributed by atoms with Crippen molar-refractivity contribution in [2.24, 2.45) is 4.99 Å². The predicted molar refractivity (Wildman–Crippen MR) is 174 cm³/mol. The highest BCUT2D eigenvalue weighted by atomic mass is 32.2. The second kappa shape index (κ2) is 15.3. The van der Waals surface area contributed by atoms with Gasteiger partial charge in [0.25, 0.3) is 5.91 Å². The molecule has 0 bridgehead atoms. The van der Waals surface area contributed by atoms with Crippen LogP contribution in [0.2, 0.25) is 0 Å². The van der Waals surface area contributed by atoms with Crippen LogP contribution in [0.4, 0.5) is 11.4 Å². The number of carbonyl (C=O) groups is 5. The number of rotatable bonds is 9. The van der Waals surface area contributed by atoms with Gasteiger partial charge in [-0.3, -0.25) is 28.9 Å². The third-order valence-electron chi connectivity index (χ3n) is 7.00. The molecule has 0 N–H and O–H groups in total. The Labute approximate surface area is 276 Å². The molecular weight excluding hydrogens is 630 g/mol. The number of aryl methyl sites for hydroxylation is 1. The van der Waals surface area contributed by atoms with Gasteiger partial charge in [-0.2, -0.15) is 0 Å². The Kier molecular flexibility index (Phi) is 11.4. The van der Waals surface area contributed by atoms with Crippen LogP contribution in [-0.2, 0) is 47.7 Å².